The van der Waals surface area contributed by atoms with Gasteiger partial charge in [0.05, 0.1) is 7.11 Å². The summed E-state index contributed by atoms with van der Waals surface area (Å²) < 4.78 is 4.55. The predicted octanol–water partition coefficient (Wildman–Crippen LogP) is 1.97. The van der Waals surface area contributed by atoms with Gasteiger partial charge in [0.1, 0.15) is 0 Å². The molecule has 0 spiro atoms. The Morgan fingerprint density at radius 3 is 2.50 bits per heavy atom. The molecule has 0 aliphatic carbocycles. The monoisotopic (exact) mass is 201 g/mol. The number of carbonyl (C=O) groups excluding carboxylic acids is 1. The number of hydrogen-bond acceptors (Lipinski definition) is 3. The van der Waals surface area contributed by atoms with Gasteiger partial charge in [-0.25, -0.2) is 0 Å². The van der Waals surface area contributed by atoms with E-state index in [4.69, 9.17) is 0 Å². The molecule has 14 heavy (non-hydrogen) atoms. The summed E-state index contributed by atoms with van der Waals surface area (Å²) in [6.45, 7) is 6.40. The Morgan fingerprint density at radius 1 is 1.36 bits per heavy atom. The first kappa shape index (κ1) is 13.4. The van der Waals surface area contributed by atoms with E-state index < -0.39 is 0 Å². The van der Waals surface area contributed by atoms with Gasteiger partial charge in [-0.05, 0) is 25.4 Å². The first-order valence-electron chi connectivity index (χ1n) is 5.52. The lowest BCUT2D eigenvalue weighted by molar-refractivity contribution is -0.140. The van der Waals surface area contributed by atoms with Crippen molar-refractivity contribution >= 4 is 5.97 Å². The topological polar surface area (TPSA) is 38.3 Å². The van der Waals surface area contributed by atoms with Crippen molar-refractivity contribution in [1.82, 2.24) is 5.32 Å². The van der Waals surface area contributed by atoms with Crippen molar-refractivity contribution in [3.63, 3.8) is 0 Å². The van der Waals surface area contributed by atoms with E-state index in [1.54, 1.807) is 0 Å². The molecule has 0 aliphatic rings. The average molecular weight is 201 g/mol. The quantitative estimate of drug-likeness (QED) is 0.482. The molecule has 0 aliphatic heterocycles. The minimum Gasteiger partial charge on any atom is -0.469 e. The maximum Gasteiger partial charge on any atom is 0.305 e. The molecule has 0 amide bonds. The lowest BCUT2D eigenvalue weighted by Crippen LogP contribution is -2.23. The van der Waals surface area contributed by atoms with Crippen LogP contribution in [0.15, 0.2) is 0 Å². The van der Waals surface area contributed by atoms with Crippen LogP contribution in [0.25, 0.3) is 0 Å². The largest absolute Gasteiger partial charge is 0.469 e. The third kappa shape index (κ3) is 6.89. The lowest BCUT2D eigenvalue weighted by atomic mass is 10.0. The van der Waals surface area contributed by atoms with Gasteiger partial charge in [-0.3, -0.25) is 4.79 Å². The van der Waals surface area contributed by atoms with Crippen LogP contribution < -0.4 is 5.32 Å². The highest BCUT2D eigenvalue weighted by Gasteiger charge is 2.02. The van der Waals surface area contributed by atoms with Crippen molar-refractivity contribution in [2.24, 2.45) is 5.92 Å². The van der Waals surface area contributed by atoms with Gasteiger partial charge in [-0.2, -0.15) is 0 Å². The molecule has 0 aromatic rings. The zero-order chi connectivity index (χ0) is 10.8. The van der Waals surface area contributed by atoms with Gasteiger partial charge in [-0.1, -0.05) is 26.7 Å². The molecule has 0 saturated heterocycles. The van der Waals surface area contributed by atoms with Crippen molar-refractivity contribution in [2.45, 2.75) is 39.5 Å². The van der Waals surface area contributed by atoms with Crippen LogP contribution in [0, 0.1) is 5.92 Å². The molecular weight excluding hydrogens is 178 g/mol. The molecule has 0 atom stereocenters. The smallest absolute Gasteiger partial charge is 0.305 e. The number of rotatable bonds is 8. The number of esters is 1. The Labute approximate surface area is 87.2 Å². The third-order valence-electron chi connectivity index (χ3n) is 2.55. The van der Waals surface area contributed by atoms with E-state index in [0.717, 1.165) is 25.4 Å². The van der Waals surface area contributed by atoms with Crippen molar-refractivity contribution in [2.75, 3.05) is 20.2 Å². The molecule has 0 bridgehead atoms. The summed E-state index contributed by atoms with van der Waals surface area (Å²) in [7, 11) is 1.43. The average Bonchev–Trinajstić information content (AvgIpc) is 2.23. The fourth-order valence-corrected chi connectivity index (χ4v) is 1.34. The van der Waals surface area contributed by atoms with Gasteiger partial charge in [-0.15, -0.1) is 0 Å². The van der Waals surface area contributed by atoms with Gasteiger partial charge in [0.15, 0.2) is 0 Å². The van der Waals surface area contributed by atoms with Crippen molar-refractivity contribution in [3.8, 4) is 0 Å². The molecule has 3 nitrogen and oxygen atoms in total. The van der Waals surface area contributed by atoms with E-state index >= 15 is 0 Å². The molecule has 0 rings (SSSR count). The Bertz CT molecular complexity index is 144. The van der Waals surface area contributed by atoms with E-state index in [1.165, 1.54) is 20.0 Å². The number of nitrogens with one attached hydrogen (secondary N) is 1. The molecular formula is C11H23NO2. The summed E-state index contributed by atoms with van der Waals surface area (Å²) in [5.74, 6) is 0.655. The van der Waals surface area contributed by atoms with Crippen LogP contribution in [0.5, 0.6) is 0 Å². The maximum atomic E-state index is 10.8. The minimum atomic E-state index is -0.116. The highest BCUT2D eigenvalue weighted by Crippen LogP contribution is 2.04. The van der Waals surface area contributed by atoms with Crippen LogP contribution in [0.1, 0.15) is 39.5 Å². The Balaban J connectivity index is 3.24. The molecule has 0 aromatic heterocycles. The van der Waals surface area contributed by atoms with E-state index in [0.29, 0.717) is 6.42 Å². The molecule has 0 aromatic carbocycles. The molecule has 0 radical (unpaired) electrons. The molecule has 3 heteroatoms. The first-order valence-corrected chi connectivity index (χ1v) is 5.52. The van der Waals surface area contributed by atoms with Crippen LogP contribution in [0.4, 0.5) is 0 Å². The van der Waals surface area contributed by atoms with Gasteiger partial charge < -0.3 is 10.1 Å². The van der Waals surface area contributed by atoms with Gasteiger partial charge in [0.2, 0.25) is 0 Å². The van der Waals surface area contributed by atoms with Crippen molar-refractivity contribution in [1.29, 1.82) is 0 Å². The maximum absolute atomic E-state index is 10.8. The van der Waals surface area contributed by atoms with E-state index in [2.05, 4.69) is 23.9 Å². The van der Waals surface area contributed by atoms with Crippen molar-refractivity contribution < 1.29 is 9.53 Å². The highest BCUT2D eigenvalue weighted by molar-refractivity contribution is 5.68. The standard InChI is InChI=1S/C11H23NO2/c1-4-10(5-2)9-12-8-6-7-11(13)14-3/h10,12H,4-9H2,1-3H3. The zero-order valence-corrected chi connectivity index (χ0v) is 9.64. The van der Waals surface area contributed by atoms with E-state index in [-0.39, 0.29) is 5.97 Å². The lowest BCUT2D eigenvalue weighted by Gasteiger charge is -2.12. The van der Waals surface area contributed by atoms with Crippen LogP contribution >= 0.6 is 0 Å². The Hall–Kier alpha value is -0.570. The first-order chi connectivity index (χ1) is 6.74. The molecule has 1 N–H and O–H groups in total. The number of carbonyl (C=O) groups is 1. The summed E-state index contributed by atoms with van der Waals surface area (Å²) in [5, 5.41) is 3.36. The summed E-state index contributed by atoms with van der Waals surface area (Å²) in [5.41, 5.74) is 0. The summed E-state index contributed by atoms with van der Waals surface area (Å²) in [6, 6.07) is 0. The molecule has 0 heterocycles. The second kappa shape index (κ2) is 9.00. The molecule has 84 valence electrons. The second-order valence-electron chi connectivity index (χ2n) is 3.57. The van der Waals surface area contributed by atoms with E-state index in [9.17, 15) is 4.79 Å². The number of ether oxygens (including phenoxy) is 1. The highest BCUT2D eigenvalue weighted by atomic mass is 16.5. The van der Waals surface area contributed by atoms with Crippen LogP contribution in [0.3, 0.4) is 0 Å². The number of hydrogen-bond donors (Lipinski definition) is 1. The van der Waals surface area contributed by atoms with Gasteiger partial charge in [0, 0.05) is 6.42 Å². The third-order valence-corrected chi connectivity index (χ3v) is 2.55. The predicted molar refractivity (Wildman–Crippen MR) is 58.2 cm³/mol. The zero-order valence-electron chi connectivity index (χ0n) is 9.64. The number of methoxy groups -OCH3 is 1. The van der Waals surface area contributed by atoms with Crippen molar-refractivity contribution in [3.05, 3.63) is 0 Å². The fraction of sp³-hybridized carbons (Fsp3) is 0.909. The second-order valence-corrected chi connectivity index (χ2v) is 3.57. The van der Waals surface area contributed by atoms with Gasteiger partial charge in [0.25, 0.3) is 0 Å². The Morgan fingerprint density at radius 2 is 2.00 bits per heavy atom. The summed E-state index contributed by atoms with van der Waals surface area (Å²) >= 11 is 0. The van der Waals surface area contributed by atoms with Gasteiger partial charge >= 0.3 is 5.97 Å². The molecule has 0 fully saturated rings. The SMILES string of the molecule is CCC(CC)CNCCCC(=O)OC. The van der Waals surface area contributed by atoms with Crippen LogP contribution in [0.2, 0.25) is 0 Å². The molecule has 0 unspecified atom stereocenters. The normalized spacial score (nSPS) is 10.6. The van der Waals surface area contributed by atoms with Crippen LogP contribution in [-0.2, 0) is 9.53 Å². The summed E-state index contributed by atoms with van der Waals surface area (Å²) in [4.78, 5) is 10.8. The summed E-state index contributed by atoms with van der Waals surface area (Å²) in [6.07, 6.45) is 3.83. The Kier molecular flexibility index (Phi) is 8.64. The fourth-order valence-electron chi connectivity index (χ4n) is 1.34. The van der Waals surface area contributed by atoms with Crippen LogP contribution in [-0.4, -0.2) is 26.2 Å². The molecule has 0 saturated carbocycles. The minimum absolute atomic E-state index is 0.116. The van der Waals surface area contributed by atoms with E-state index in [1.807, 2.05) is 0 Å².